The molecule has 0 bridgehead atoms. The minimum atomic E-state index is -0.345. The zero-order valence-corrected chi connectivity index (χ0v) is 19.7. The standard InChI is InChI=1S/C25H22FN5O3S/c1-33-17-8-6-16(7-9-17)11-30-24-20(23-27-15-28-31(23)25(30)32)10-19(35-24)14-29-12-18(13-29)34-22-5-3-2-4-21(22)26/h2-10,15,18H,11-14H2,1H3. The van der Waals surface area contributed by atoms with Crippen LogP contribution in [0.5, 0.6) is 11.5 Å². The van der Waals surface area contributed by atoms with Gasteiger partial charge in [-0.25, -0.2) is 14.2 Å². The number of thiophene rings is 1. The van der Waals surface area contributed by atoms with Crippen LogP contribution in [0.15, 0.2) is 65.7 Å². The number of halogens is 1. The number of aromatic nitrogens is 4. The predicted octanol–water partition coefficient (Wildman–Crippen LogP) is 3.56. The summed E-state index contributed by atoms with van der Waals surface area (Å²) in [7, 11) is 1.63. The van der Waals surface area contributed by atoms with E-state index in [-0.39, 0.29) is 23.4 Å². The third-order valence-corrected chi connectivity index (χ3v) is 7.29. The molecule has 1 fully saturated rings. The van der Waals surface area contributed by atoms with Crippen LogP contribution < -0.4 is 15.2 Å². The van der Waals surface area contributed by atoms with E-state index in [1.54, 1.807) is 41.2 Å². The van der Waals surface area contributed by atoms with E-state index in [9.17, 15) is 9.18 Å². The molecule has 0 spiro atoms. The lowest BCUT2D eigenvalue weighted by Crippen LogP contribution is -2.53. The molecule has 0 aliphatic carbocycles. The molecule has 8 nitrogen and oxygen atoms in total. The Hall–Kier alpha value is -3.76. The van der Waals surface area contributed by atoms with Gasteiger partial charge in [0.1, 0.15) is 23.0 Å². The van der Waals surface area contributed by atoms with Gasteiger partial charge in [0.25, 0.3) is 0 Å². The lowest BCUT2D eigenvalue weighted by atomic mass is 10.1. The van der Waals surface area contributed by atoms with Crippen molar-refractivity contribution in [2.24, 2.45) is 0 Å². The Morgan fingerprint density at radius 1 is 1.11 bits per heavy atom. The number of nitrogens with zero attached hydrogens (tertiary/aromatic N) is 5. The van der Waals surface area contributed by atoms with E-state index >= 15 is 0 Å². The number of fused-ring (bicyclic) bond motifs is 3. The molecule has 10 heteroatoms. The smallest absolute Gasteiger partial charge is 0.352 e. The lowest BCUT2D eigenvalue weighted by molar-refractivity contribution is 0.0130. The van der Waals surface area contributed by atoms with Crippen molar-refractivity contribution in [1.29, 1.82) is 0 Å². The molecular weight excluding hydrogens is 469 g/mol. The molecule has 0 atom stereocenters. The number of hydrogen-bond donors (Lipinski definition) is 0. The Morgan fingerprint density at radius 3 is 2.69 bits per heavy atom. The van der Waals surface area contributed by atoms with Gasteiger partial charge in [-0.15, -0.1) is 11.3 Å². The van der Waals surface area contributed by atoms with Crippen LogP contribution in [0.3, 0.4) is 0 Å². The number of methoxy groups -OCH3 is 1. The summed E-state index contributed by atoms with van der Waals surface area (Å²) in [6, 6.07) is 16.2. The average Bonchev–Trinajstić information content (AvgIpc) is 3.49. The molecule has 0 N–H and O–H groups in total. The van der Waals surface area contributed by atoms with Gasteiger partial charge in [-0.1, -0.05) is 24.3 Å². The number of para-hydroxylation sites is 1. The van der Waals surface area contributed by atoms with Crippen LogP contribution in [-0.2, 0) is 13.1 Å². The summed E-state index contributed by atoms with van der Waals surface area (Å²) in [5, 5.41) is 5.05. The molecular formula is C25H22FN5O3S. The van der Waals surface area contributed by atoms with Crippen LogP contribution in [0.4, 0.5) is 4.39 Å². The maximum Gasteiger partial charge on any atom is 0.352 e. The monoisotopic (exact) mass is 491 g/mol. The quantitative estimate of drug-likeness (QED) is 0.347. The van der Waals surface area contributed by atoms with Gasteiger partial charge in [-0.2, -0.15) is 9.61 Å². The van der Waals surface area contributed by atoms with Gasteiger partial charge in [0.15, 0.2) is 17.2 Å². The largest absolute Gasteiger partial charge is 0.497 e. The molecule has 0 unspecified atom stereocenters. The van der Waals surface area contributed by atoms with Crippen molar-refractivity contribution in [2.75, 3.05) is 20.2 Å². The molecule has 6 rings (SSSR count). The van der Waals surface area contributed by atoms with Gasteiger partial charge in [0.05, 0.1) is 19.0 Å². The first-order valence-electron chi connectivity index (χ1n) is 11.2. The first-order valence-corrected chi connectivity index (χ1v) is 12.0. The Morgan fingerprint density at radius 2 is 1.91 bits per heavy atom. The van der Waals surface area contributed by atoms with Crippen LogP contribution in [0, 0.1) is 5.82 Å². The molecule has 1 saturated heterocycles. The maximum absolute atomic E-state index is 13.9. The molecule has 2 aromatic carbocycles. The maximum atomic E-state index is 13.9. The van der Waals surface area contributed by atoms with Crippen LogP contribution in [0.2, 0.25) is 0 Å². The molecule has 178 valence electrons. The highest BCUT2D eigenvalue weighted by atomic mass is 32.1. The van der Waals surface area contributed by atoms with E-state index < -0.39 is 0 Å². The van der Waals surface area contributed by atoms with E-state index in [0.717, 1.165) is 26.4 Å². The normalized spacial score (nSPS) is 14.5. The second-order valence-electron chi connectivity index (χ2n) is 8.51. The van der Waals surface area contributed by atoms with Crippen molar-refractivity contribution in [3.05, 3.63) is 87.7 Å². The average molecular weight is 492 g/mol. The number of likely N-dealkylation sites (tertiary alicyclic amines) is 1. The fourth-order valence-electron chi connectivity index (χ4n) is 4.36. The van der Waals surface area contributed by atoms with E-state index in [2.05, 4.69) is 21.0 Å². The number of hydrogen-bond acceptors (Lipinski definition) is 7. The third-order valence-electron chi connectivity index (χ3n) is 6.14. The third kappa shape index (κ3) is 4.04. The summed E-state index contributed by atoms with van der Waals surface area (Å²) >= 11 is 1.58. The van der Waals surface area contributed by atoms with Gasteiger partial charge in [0.2, 0.25) is 0 Å². The fraction of sp³-hybridized carbons (Fsp3) is 0.240. The van der Waals surface area contributed by atoms with Crippen molar-refractivity contribution in [3.63, 3.8) is 0 Å². The molecule has 0 saturated carbocycles. The molecule has 0 amide bonds. The molecule has 1 aliphatic heterocycles. The highest BCUT2D eigenvalue weighted by molar-refractivity contribution is 7.18. The summed E-state index contributed by atoms with van der Waals surface area (Å²) in [4.78, 5) is 21.8. The van der Waals surface area contributed by atoms with Crippen LogP contribution in [0.25, 0.3) is 15.9 Å². The number of ether oxygens (including phenoxy) is 2. The summed E-state index contributed by atoms with van der Waals surface area (Å²) in [6.45, 7) is 2.55. The van der Waals surface area contributed by atoms with Crippen molar-refractivity contribution in [1.82, 2.24) is 24.1 Å². The Balaban J connectivity index is 1.25. The summed E-state index contributed by atoms with van der Waals surface area (Å²) in [5.74, 6) is 0.710. The highest BCUT2D eigenvalue weighted by Crippen LogP contribution is 2.30. The molecule has 5 aromatic rings. The molecule has 1 aliphatic rings. The van der Waals surface area contributed by atoms with Crippen LogP contribution in [-0.4, -0.2) is 50.4 Å². The van der Waals surface area contributed by atoms with Gasteiger partial charge in [0, 0.05) is 24.5 Å². The summed E-state index contributed by atoms with van der Waals surface area (Å²) in [5.41, 5.74) is 1.32. The van der Waals surface area contributed by atoms with Gasteiger partial charge in [-0.05, 0) is 35.9 Å². The van der Waals surface area contributed by atoms with Crippen molar-refractivity contribution < 1.29 is 13.9 Å². The van der Waals surface area contributed by atoms with Crippen molar-refractivity contribution in [3.8, 4) is 11.5 Å². The lowest BCUT2D eigenvalue weighted by Gasteiger charge is -2.38. The minimum Gasteiger partial charge on any atom is -0.497 e. The fourth-order valence-corrected chi connectivity index (χ4v) is 5.54. The summed E-state index contributed by atoms with van der Waals surface area (Å²) in [6.07, 6.45) is 1.36. The molecule has 35 heavy (non-hydrogen) atoms. The van der Waals surface area contributed by atoms with E-state index in [0.29, 0.717) is 31.8 Å². The highest BCUT2D eigenvalue weighted by Gasteiger charge is 2.30. The van der Waals surface area contributed by atoms with E-state index in [4.69, 9.17) is 9.47 Å². The second-order valence-corrected chi connectivity index (χ2v) is 9.62. The molecule has 3 aromatic heterocycles. The van der Waals surface area contributed by atoms with Crippen LogP contribution in [0.1, 0.15) is 10.4 Å². The SMILES string of the molecule is COc1ccc(Cn2c(=O)n3ncnc3c3cc(CN4CC(Oc5ccccc5F)C4)sc32)cc1. The number of benzene rings is 2. The van der Waals surface area contributed by atoms with Crippen molar-refractivity contribution in [2.45, 2.75) is 19.2 Å². The summed E-state index contributed by atoms with van der Waals surface area (Å²) < 4.78 is 28.0. The Bertz CT molecular complexity index is 1570. The minimum absolute atomic E-state index is 0.0438. The number of rotatable bonds is 7. The zero-order chi connectivity index (χ0) is 23.9. The Labute approximate surface area is 203 Å². The van der Waals surface area contributed by atoms with Gasteiger partial charge < -0.3 is 9.47 Å². The van der Waals surface area contributed by atoms with E-state index in [1.165, 1.54) is 16.9 Å². The van der Waals surface area contributed by atoms with Crippen molar-refractivity contribution >= 4 is 27.2 Å². The topological polar surface area (TPSA) is 73.9 Å². The molecule has 0 radical (unpaired) electrons. The van der Waals surface area contributed by atoms with Gasteiger partial charge >= 0.3 is 5.69 Å². The first-order chi connectivity index (χ1) is 17.1. The zero-order valence-electron chi connectivity index (χ0n) is 18.9. The molecule has 4 heterocycles. The second kappa shape index (κ2) is 8.79. The Kier molecular flexibility index (Phi) is 5.46. The predicted molar refractivity (Wildman–Crippen MR) is 131 cm³/mol. The van der Waals surface area contributed by atoms with E-state index in [1.807, 2.05) is 24.3 Å². The first kappa shape index (κ1) is 21.8. The van der Waals surface area contributed by atoms with Gasteiger partial charge in [-0.3, -0.25) is 9.47 Å². The van der Waals surface area contributed by atoms with Crippen LogP contribution >= 0.6 is 11.3 Å².